The van der Waals surface area contributed by atoms with Gasteiger partial charge in [0, 0.05) is 11.1 Å². The highest BCUT2D eigenvalue weighted by Crippen LogP contribution is 2.16. The van der Waals surface area contributed by atoms with Gasteiger partial charge in [0.25, 0.3) is 0 Å². The zero-order chi connectivity index (χ0) is 29.0. The molecule has 0 aliphatic carbocycles. The third-order valence-electron chi connectivity index (χ3n) is 6.83. The second-order valence-electron chi connectivity index (χ2n) is 9.90. The molecule has 0 fully saturated rings. The van der Waals surface area contributed by atoms with Crippen molar-refractivity contribution in [1.29, 1.82) is 0 Å². The van der Waals surface area contributed by atoms with Crippen molar-refractivity contribution in [3.05, 3.63) is 177 Å². The fraction of sp³-hybridized carbons (Fsp3) is 0. The van der Waals surface area contributed by atoms with E-state index in [0.717, 1.165) is 57.1 Å². The molecule has 2 nitrogen and oxygen atoms in total. The van der Waals surface area contributed by atoms with Gasteiger partial charge in [-0.1, -0.05) is 170 Å². The van der Waals surface area contributed by atoms with Crippen LogP contribution in [0.5, 0.6) is 0 Å². The van der Waals surface area contributed by atoms with E-state index in [1.807, 2.05) is 60.7 Å². The Hall–Kier alpha value is -5.60. The van der Waals surface area contributed by atoms with E-state index < -0.39 is 0 Å². The number of rotatable bonds is 10. The van der Waals surface area contributed by atoms with E-state index in [2.05, 4.69) is 109 Å². The first-order chi connectivity index (χ1) is 20.7. The Morgan fingerprint density at radius 3 is 0.452 bits per heavy atom. The highest BCUT2D eigenvalue weighted by Gasteiger charge is 1.95. The lowest BCUT2D eigenvalue weighted by molar-refractivity contribution is 0.111. The summed E-state index contributed by atoms with van der Waals surface area (Å²) in [7, 11) is 0. The average molecular weight is 543 g/mol. The summed E-state index contributed by atoms with van der Waals surface area (Å²) in [6.07, 6.45) is 18.4. The Balaban J connectivity index is 1.13. The Labute approximate surface area is 247 Å². The van der Waals surface area contributed by atoms with Gasteiger partial charge in [-0.05, 0) is 44.5 Å². The number of aldehydes is 2. The van der Waals surface area contributed by atoms with Crippen LogP contribution in [0.1, 0.15) is 65.2 Å². The van der Waals surface area contributed by atoms with Gasteiger partial charge in [0.1, 0.15) is 12.6 Å². The van der Waals surface area contributed by atoms with Crippen LogP contribution in [0.15, 0.2) is 121 Å². The first-order valence-electron chi connectivity index (χ1n) is 13.8. The van der Waals surface area contributed by atoms with Crippen LogP contribution in [0, 0.1) is 0 Å². The minimum absolute atomic E-state index is 0.683. The Morgan fingerprint density at radius 2 is 0.333 bits per heavy atom. The summed E-state index contributed by atoms with van der Waals surface area (Å²) >= 11 is 0. The van der Waals surface area contributed by atoms with E-state index in [9.17, 15) is 9.59 Å². The number of carbonyl (C=O) groups excluding carboxylic acids is 2. The molecule has 0 amide bonds. The van der Waals surface area contributed by atoms with Crippen LogP contribution in [0.4, 0.5) is 0 Å². The van der Waals surface area contributed by atoms with Crippen LogP contribution in [0.3, 0.4) is 0 Å². The van der Waals surface area contributed by atoms with E-state index in [4.69, 9.17) is 0 Å². The molecule has 0 unspecified atom stereocenters. The first kappa shape index (κ1) is 27.9. The lowest BCUT2D eigenvalue weighted by Gasteiger charge is -2.00. The van der Waals surface area contributed by atoms with Gasteiger partial charge in [0.05, 0.1) is 0 Å². The second-order valence-corrected chi connectivity index (χ2v) is 9.90. The van der Waals surface area contributed by atoms with Crippen molar-refractivity contribution < 1.29 is 9.59 Å². The normalized spacial score (nSPS) is 11.6. The predicted octanol–water partition coefficient (Wildman–Crippen LogP) is 9.99. The summed E-state index contributed by atoms with van der Waals surface area (Å²) in [6.45, 7) is 0. The molecule has 0 heterocycles. The van der Waals surface area contributed by atoms with Crippen molar-refractivity contribution in [1.82, 2.24) is 0 Å². The van der Waals surface area contributed by atoms with Gasteiger partial charge in [-0.2, -0.15) is 0 Å². The summed E-state index contributed by atoms with van der Waals surface area (Å²) in [5.41, 5.74) is 10.3. The van der Waals surface area contributed by atoms with E-state index >= 15 is 0 Å². The molecule has 0 bridgehead atoms. The third kappa shape index (κ3) is 8.20. The van der Waals surface area contributed by atoms with Crippen molar-refractivity contribution in [2.45, 2.75) is 0 Å². The summed E-state index contributed by atoms with van der Waals surface area (Å²) < 4.78 is 0. The van der Waals surface area contributed by atoms with Crippen LogP contribution < -0.4 is 0 Å². The van der Waals surface area contributed by atoms with Gasteiger partial charge in [0.15, 0.2) is 0 Å². The third-order valence-corrected chi connectivity index (χ3v) is 6.83. The van der Waals surface area contributed by atoms with E-state index in [1.165, 1.54) is 0 Å². The molecular weight excluding hydrogens is 512 g/mol. The molecule has 42 heavy (non-hydrogen) atoms. The van der Waals surface area contributed by atoms with E-state index in [0.29, 0.717) is 11.1 Å². The van der Waals surface area contributed by atoms with Gasteiger partial charge < -0.3 is 0 Å². The van der Waals surface area contributed by atoms with Crippen molar-refractivity contribution >= 4 is 61.2 Å². The number of hydrogen-bond acceptors (Lipinski definition) is 2. The first-order valence-corrected chi connectivity index (χ1v) is 13.8. The molecule has 5 aromatic rings. The molecule has 0 aliphatic rings. The lowest BCUT2D eigenvalue weighted by Crippen LogP contribution is -1.79. The Morgan fingerprint density at radius 1 is 0.214 bits per heavy atom. The van der Waals surface area contributed by atoms with Crippen LogP contribution in [0.25, 0.3) is 48.6 Å². The molecule has 202 valence electrons. The smallest absolute Gasteiger partial charge is 0.150 e. The van der Waals surface area contributed by atoms with Gasteiger partial charge in [0.2, 0.25) is 0 Å². The molecule has 0 saturated heterocycles. The predicted molar refractivity (Wildman–Crippen MR) is 179 cm³/mol. The Bertz CT molecular complexity index is 1600. The van der Waals surface area contributed by atoms with Crippen molar-refractivity contribution in [2.75, 3.05) is 0 Å². The molecule has 0 N–H and O–H groups in total. The minimum atomic E-state index is 0.683. The molecule has 0 aliphatic heterocycles. The zero-order valence-electron chi connectivity index (χ0n) is 23.1. The van der Waals surface area contributed by atoms with Crippen molar-refractivity contribution in [3.63, 3.8) is 0 Å². The van der Waals surface area contributed by atoms with Gasteiger partial charge in [-0.3, -0.25) is 9.59 Å². The molecule has 5 rings (SSSR count). The largest absolute Gasteiger partial charge is 0.298 e. The van der Waals surface area contributed by atoms with Crippen LogP contribution >= 0.6 is 0 Å². The zero-order valence-corrected chi connectivity index (χ0v) is 23.1. The van der Waals surface area contributed by atoms with Crippen molar-refractivity contribution in [3.8, 4) is 0 Å². The molecule has 5 aromatic carbocycles. The maximum absolute atomic E-state index is 10.8. The van der Waals surface area contributed by atoms with Gasteiger partial charge in [-0.15, -0.1) is 0 Å². The quantitative estimate of drug-likeness (QED) is 0.130. The van der Waals surface area contributed by atoms with E-state index in [-0.39, 0.29) is 0 Å². The number of hydrogen-bond donors (Lipinski definition) is 0. The lowest BCUT2D eigenvalue weighted by atomic mass is 10.1. The average Bonchev–Trinajstić information content (AvgIpc) is 3.06. The molecule has 0 radical (unpaired) electrons. The Kier molecular flexibility index (Phi) is 9.42. The summed E-state index contributed by atoms with van der Waals surface area (Å²) in [4.78, 5) is 21.6. The molecular formula is C40H30O2. The van der Waals surface area contributed by atoms with Gasteiger partial charge >= 0.3 is 0 Å². The molecule has 0 saturated carbocycles. The summed E-state index contributed by atoms with van der Waals surface area (Å²) in [5.74, 6) is 0. The van der Waals surface area contributed by atoms with Crippen LogP contribution in [-0.2, 0) is 0 Å². The fourth-order valence-corrected chi connectivity index (χ4v) is 4.30. The second kappa shape index (κ2) is 14.2. The monoisotopic (exact) mass is 542 g/mol. The summed E-state index contributed by atoms with van der Waals surface area (Å²) in [6, 6.07) is 40.4. The van der Waals surface area contributed by atoms with Crippen molar-refractivity contribution in [2.24, 2.45) is 0 Å². The molecule has 2 heteroatoms. The fourth-order valence-electron chi connectivity index (χ4n) is 4.30. The number of carbonyl (C=O) groups is 2. The van der Waals surface area contributed by atoms with E-state index in [1.54, 1.807) is 0 Å². The maximum atomic E-state index is 10.8. The molecule has 0 aromatic heterocycles. The number of benzene rings is 5. The van der Waals surface area contributed by atoms with Crippen LogP contribution in [-0.4, -0.2) is 12.6 Å². The van der Waals surface area contributed by atoms with Gasteiger partial charge in [-0.25, -0.2) is 0 Å². The van der Waals surface area contributed by atoms with Crippen LogP contribution in [0.2, 0.25) is 0 Å². The highest BCUT2D eigenvalue weighted by molar-refractivity contribution is 5.78. The topological polar surface area (TPSA) is 34.1 Å². The molecule has 0 atom stereocenters. The summed E-state index contributed by atoms with van der Waals surface area (Å²) in [5, 5.41) is 0. The molecule has 0 spiro atoms. The standard InChI is InChI=1S/C40H30O2/c41-29-39-25-21-37(22-26-39)19-17-35-13-9-33(10-14-35)7-5-31-1-2-32(4-3-31)6-8-34-11-15-36(16-12-34)18-20-38-23-27-40(30-42)28-24-38/h1-30H/b7-5-,8-6-,19-17-,20-18-. The maximum Gasteiger partial charge on any atom is 0.150 e. The SMILES string of the molecule is O=Cc1ccc(/C=C\c2ccc(/C=C\c3ccc(/C=C\c4ccc(/C=C\c5ccc(C=O)cc5)cc4)cc3)cc2)cc1. The highest BCUT2D eigenvalue weighted by atomic mass is 16.1. The minimum Gasteiger partial charge on any atom is -0.298 e.